The first-order valence-electron chi connectivity index (χ1n) is 8.74. The number of benzene rings is 2. The molecule has 1 unspecified atom stereocenters. The van der Waals surface area contributed by atoms with Crippen molar-refractivity contribution >= 4 is 35.3 Å². The molecule has 6 nitrogen and oxygen atoms in total. The normalized spacial score (nSPS) is 15.4. The Hall–Kier alpha value is -3.41. The molecule has 0 radical (unpaired) electrons. The summed E-state index contributed by atoms with van der Waals surface area (Å²) in [4.78, 5) is 20.0. The molecule has 1 aliphatic heterocycles. The molecule has 178 valence electrons. The van der Waals surface area contributed by atoms with Crippen molar-refractivity contribution in [3.8, 4) is 5.75 Å². The zero-order valence-electron chi connectivity index (χ0n) is 16.2. The summed E-state index contributed by atoms with van der Waals surface area (Å²) in [6, 6.07) is 9.79. The van der Waals surface area contributed by atoms with E-state index in [-0.39, 0.29) is 11.3 Å². The summed E-state index contributed by atoms with van der Waals surface area (Å²) < 4.78 is 76.1. The third-order valence-electron chi connectivity index (χ3n) is 4.18. The smallest absolute Gasteiger partial charge is 0.478 e. The predicted molar refractivity (Wildman–Crippen MR) is 105 cm³/mol. The van der Waals surface area contributed by atoms with Gasteiger partial charge in [0.05, 0.1) is 5.57 Å². The van der Waals surface area contributed by atoms with Gasteiger partial charge in [0, 0.05) is 16.3 Å². The van der Waals surface area contributed by atoms with Crippen molar-refractivity contribution in [1.29, 1.82) is 0 Å². The molecule has 0 amide bonds. The summed E-state index contributed by atoms with van der Waals surface area (Å²) in [7, 11) is 0. The number of carbonyl (C=O) groups is 2. The number of nitrogens with two attached hydrogens (primary N) is 1. The lowest BCUT2D eigenvalue weighted by Gasteiger charge is -2.27. The first-order valence-corrected chi connectivity index (χ1v) is 9.12. The van der Waals surface area contributed by atoms with E-state index in [4.69, 9.17) is 37.1 Å². The van der Waals surface area contributed by atoms with Gasteiger partial charge in [0.2, 0.25) is 6.10 Å². The highest BCUT2D eigenvalue weighted by Crippen LogP contribution is 2.39. The van der Waals surface area contributed by atoms with E-state index in [0.29, 0.717) is 22.7 Å². The minimum Gasteiger partial charge on any atom is -0.478 e. The van der Waals surface area contributed by atoms with E-state index in [2.05, 4.69) is 0 Å². The highest BCUT2D eigenvalue weighted by atomic mass is 35.5. The number of alkyl halides is 6. The molecule has 0 saturated carbocycles. The lowest BCUT2D eigenvalue weighted by molar-refractivity contribution is -0.192. The molecule has 0 fully saturated rings. The zero-order chi connectivity index (χ0) is 25.1. The summed E-state index contributed by atoms with van der Waals surface area (Å²) in [5, 5.41) is 16.5. The molecule has 3 rings (SSSR count). The molecule has 2 aromatic carbocycles. The van der Waals surface area contributed by atoms with Crippen molar-refractivity contribution in [3.05, 3.63) is 63.7 Å². The maximum absolute atomic E-state index is 13.1. The van der Waals surface area contributed by atoms with Crippen molar-refractivity contribution < 1.29 is 50.9 Å². The Balaban J connectivity index is 0.000000479. The standard InChI is InChI=1S/C18H13ClF3NO3.C2HF3O2/c19-14-7-11-6-13(17(24)25)16(18(20,21)22)26-15(11)8-10(14)5-9-1-3-12(23)4-2-9;3-2(4,5)1(6)7/h1-4,6-8,16H,5,23H2,(H,24,25);(H,6,7). The second kappa shape index (κ2) is 9.61. The SMILES string of the molecule is Nc1ccc(Cc2cc3c(cc2Cl)C=C(C(=O)O)C(C(F)(F)F)O3)cc1.O=C(O)C(F)(F)F. The van der Waals surface area contributed by atoms with Crippen LogP contribution in [0.2, 0.25) is 5.02 Å². The number of aliphatic carboxylic acids is 2. The molecule has 0 aromatic heterocycles. The van der Waals surface area contributed by atoms with Crippen molar-refractivity contribution in [3.63, 3.8) is 0 Å². The van der Waals surface area contributed by atoms with E-state index in [1.807, 2.05) is 0 Å². The summed E-state index contributed by atoms with van der Waals surface area (Å²) in [5.74, 6) is -4.51. The molecule has 33 heavy (non-hydrogen) atoms. The number of carboxylic acid groups (broad SMARTS) is 2. The topological polar surface area (TPSA) is 110 Å². The maximum Gasteiger partial charge on any atom is 0.490 e. The third-order valence-corrected chi connectivity index (χ3v) is 4.53. The van der Waals surface area contributed by atoms with Crippen molar-refractivity contribution in [2.75, 3.05) is 5.73 Å². The molecular formula is C20H14ClF6NO5. The first kappa shape index (κ1) is 25.8. The Bertz CT molecular complexity index is 1080. The molecule has 13 heteroatoms. The first-order chi connectivity index (χ1) is 15.1. The molecule has 1 heterocycles. The number of nitrogen functional groups attached to an aromatic ring is 1. The van der Waals surface area contributed by atoms with Crippen LogP contribution in [-0.2, 0) is 16.0 Å². The number of rotatable bonds is 3. The van der Waals surface area contributed by atoms with E-state index in [9.17, 15) is 31.1 Å². The van der Waals surface area contributed by atoms with Crippen molar-refractivity contribution in [1.82, 2.24) is 0 Å². The van der Waals surface area contributed by atoms with Gasteiger partial charge in [-0.15, -0.1) is 0 Å². The molecule has 2 aromatic rings. The average molecular weight is 498 g/mol. The van der Waals surface area contributed by atoms with Crippen LogP contribution in [0.5, 0.6) is 5.75 Å². The highest BCUT2D eigenvalue weighted by Gasteiger charge is 2.48. The van der Waals surface area contributed by atoms with Gasteiger partial charge in [-0.3, -0.25) is 0 Å². The lowest BCUT2D eigenvalue weighted by Crippen LogP contribution is -2.40. The van der Waals surface area contributed by atoms with E-state index in [0.717, 1.165) is 11.6 Å². The Morgan fingerprint density at radius 3 is 2.03 bits per heavy atom. The minimum absolute atomic E-state index is 0.0628. The van der Waals surface area contributed by atoms with Crippen LogP contribution in [-0.4, -0.2) is 40.6 Å². The Kier molecular flexibility index (Phi) is 7.53. The van der Waals surface area contributed by atoms with Crippen LogP contribution in [0.15, 0.2) is 42.0 Å². The van der Waals surface area contributed by atoms with Crippen LogP contribution in [0.1, 0.15) is 16.7 Å². The average Bonchev–Trinajstić information content (AvgIpc) is 2.68. The number of fused-ring (bicyclic) bond motifs is 1. The number of halogens is 7. The van der Waals surface area contributed by atoms with Gasteiger partial charge in [0.15, 0.2) is 0 Å². The zero-order valence-corrected chi connectivity index (χ0v) is 16.9. The number of carboxylic acids is 2. The molecule has 1 aliphatic rings. The fourth-order valence-electron chi connectivity index (χ4n) is 2.67. The van der Waals surface area contributed by atoms with E-state index >= 15 is 0 Å². The highest BCUT2D eigenvalue weighted by molar-refractivity contribution is 6.31. The summed E-state index contributed by atoms with van der Waals surface area (Å²) in [5.41, 5.74) is 6.95. The fraction of sp³-hybridized carbons (Fsp3) is 0.200. The second-order valence-corrected chi connectivity index (χ2v) is 7.05. The Labute approximate surface area is 186 Å². The van der Waals surface area contributed by atoms with Crippen LogP contribution in [0.25, 0.3) is 6.08 Å². The Morgan fingerprint density at radius 1 is 1.03 bits per heavy atom. The number of hydrogen-bond donors (Lipinski definition) is 3. The monoisotopic (exact) mass is 497 g/mol. The maximum atomic E-state index is 13.1. The van der Waals surface area contributed by atoms with Gasteiger partial charge < -0.3 is 20.7 Å². The van der Waals surface area contributed by atoms with Crippen LogP contribution in [0.4, 0.5) is 32.0 Å². The van der Waals surface area contributed by atoms with Gasteiger partial charge in [-0.2, -0.15) is 26.3 Å². The lowest BCUT2D eigenvalue weighted by atomic mass is 9.97. The van der Waals surface area contributed by atoms with Gasteiger partial charge in [0.25, 0.3) is 0 Å². The van der Waals surface area contributed by atoms with Crippen molar-refractivity contribution in [2.45, 2.75) is 24.9 Å². The fourth-order valence-corrected chi connectivity index (χ4v) is 2.91. The molecule has 0 aliphatic carbocycles. The quantitative estimate of drug-likeness (QED) is 0.409. The number of anilines is 1. The van der Waals surface area contributed by atoms with Gasteiger partial charge in [0.1, 0.15) is 5.75 Å². The van der Waals surface area contributed by atoms with Gasteiger partial charge in [-0.1, -0.05) is 23.7 Å². The Morgan fingerprint density at radius 2 is 1.58 bits per heavy atom. The number of hydrogen-bond acceptors (Lipinski definition) is 4. The third kappa shape index (κ3) is 6.78. The van der Waals surface area contributed by atoms with Gasteiger partial charge >= 0.3 is 24.3 Å². The summed E-state index contributed by atoms with van der Waals surface area (Å²) in [6.45, 7) is 0. The van der Waals surface area contributed by atoms with Crippen LogP contribution >= 0.6 is 11.6 Å². The molecule has 0 saturated heterocycles. The molecule has 1 atom stereocenters. The van der Waals surface area contributed by atoms with Gasteiger partial charge in [-0.25, -0.2) is 9.59 Å². The van der Waals surface area contributed by atoms with E-state index < -0.39 is 36.0 Å². The van der Waals surface area contributed by atoms with Crippen LogP contribution in [0, 0.1) is 0 Å². The van der Waals surface area contributed by atoms with E-state index in [1.54, 1.807) is 24.3 Å². The summed E-state index contributed by atoms with van der Waals surface area (Å²) in [6.07, 6.45) is -11.2. The van der Waals surface area contributed by atoms with Crippen LogP contribution in [0.3, 0.4) is 0 Å². The largest absolute Gasteiger partial charge is 0.490 e. The predicted octanol–water partition coefficient (Wildman–Crippen LogP) is 4.94. The molecule has 4 N–H and O–H groups in total. The second-order valence-electron chi connectivity index (χ2n) is 6.65. The minimum atomic E-state index is -5.08. The molecule has 0 bridgehead atoms. The van der Waals surface area contributed by atoms with E-state index in [1.165, 1.54) is 12.1 Å². The summed E-state index contributed by atoms with van der Waals surface area (Å²) >= 11 is 6.22. The van der Waals surface area contributed by atoms with Gasteiger partial charge in [-0.05, 0) is 47.9 Å². The molecular weight excluding hydrogens is 484 g/mol. The van der Waals surface area contributed by atoms with Crippen LogP contribution < -0.4 is 10.5 Å². The van der Waals surface area contributed by atoms with Crippen molar-refractivity contribution in [2.24, 2.45) is 0 Å². The molecule has 0 spiro atoms. The number of ether oxygens (including phenoxy) is 1.